The molecule has 1 atom stereocenters. The largest absolute Gasteiger partial charge is 0.294 e. The molecule has 0 amide bonds. The molecule has 1 aromatic heterocycles. The van der Waals surface area contributed by atoms with Crippen molar-refractivity contribution in [2.45, 2.75) is 38.2 Å². The molecule has 5 heteroatoms. The van der Waals surface area contributed by atoms with Crippen molar-refractivity contribution < 1.29 is 0 Å². The highest BCUT2D eigenvalue weighted by atomic mass is 35.5. The lowest BCUT2D eigenvalue weighted by atomic mass is 10.4. The van der Waals surface area contributed by atoms with Crippen LogP contribution in [0.25, 0.3) is 0 Å². The fourth-order valence-corrected chi connectivity index (χ4v) is 2.23. The molecule has 1 saturated heterocycles. The molecule has 0 spiro atoms. The molecular weight excluding hydrogens is 212 g/mol. The van der Waals surface area contributed by atoms with Crippen LogP contribution in [0, 0.1) is 0 Å². The average molecular weight is 229 g/mol. The summed E-state index contributed by atoms with van der Waals surface area (Å²) >= 11 is 6.06. The number of likely N-dealkylation sites (tertiary alicyclic amines) is 1. The van der Waals surface area contributed by atoms with Gasteiger partial charge in [-0.25, -0.2) is 9.67 Å². The quantitative estimate of drug-likeness (QED) is 0.733. The van der Waals surface area contributed by atoms with Crippen LogP contribution in [0.1, 0.15) is 25.6 Å². The molecule has 84 valence electrons. The minimum atomic E-state index is 0.313. The first-order valence-electron chi connectivity index (χ1n) is 5.52. The SMILES string of the molecule is CCCn1ncnc1CN1CCC(Cl)C1. The number of hydrogen-bond acceptors (Lipinski definition) is 3. The van der Waals surface area contributed by atoms with Crippen LogP contribution in [0.2, 0.25) is 0 Å². The summed E-state index contributed by atoms with van der Waals surface area (Å²) in [6.07, 6.45) is 3.82. The number of alkyl halides is 1. The minimum absolute atomic E-state index is 0.313. The third-order valence-electron chi connectivity index (χ3n) is 2.71. The maximum atomic E-state index is 6.06. The van der Waals surface area contributed by atoms with Crippen molar-refractivity contribution in [3.63, 3.8) is 0 Å². The topological polar surface area (TPSA) is 34.0 Å². The molecule has 1 aromatic rings. The molecule has 0 saturated carbocycles. The summed E-state index contributed by atoms with van der Waals surface area (Å²) in [5, 5.41) is 4.53. The van der Waals surface area contributed by atoms with Crippen molar-refractivity contribution in [1.82, 2.24) is 19.7 Å². The molecule has 0 radical (unpaired) electrons. The number of aryl methyl sites for hydroxylation is 1. The fraction of sp³-hybridized carbons (Fsp3) is 0.800. The number of rotatable bonds is 4. The third kappa shape index (κ3) is 2.69. The summed E-state index contributed by atoms with van der Waals surface area (Å²) in [4.78, 5) is 6.63. The van der Waals surface area contributed by atoms with E-state index in [4.69, 9.17) is 11.6 Å². The van der Waals surface area contributed by atoms with Crippen LogP contribution in [-0.4, -0.2) is 38.1 Å². The highest BCUT2D eigenvalue weighted by molar-refractivity contribution is 6.20. The van der Waals surface area contributed by atoms with Gasteiger partial charge >= 0.3 is 0 Å². The van der Waals surface area contributed by atoms with Gasteiger partial charge in [0.25, 0.3) is 0 Å². The Labute approximate surface area is 95.2 Å². The van der Waals surface area contributed by atoms with E-state index in [1.165, 1.54) is 0 Å². The zero-order valence-corrected chi connectivity index (χ0v) is 9.82. The lowest BCUT2D eigenvalue weighted by Gasteiger charge is -2.14. The monoisotopic (exact) mass is 228 g/mol. The zero-order chi connectivity index (χ0) is 10.7. The molecule has 1 aliphatic rings. The average Bonchev–Trinajstić information content (AvgIpc) is 2.78. The predicted octanol–water partition coefficient (Wildman–Crippen LogP) is 1.50. The van der Waals surface area contributed by atoms with Crippen LogP contribution in [0.3, 0.4) is 0 Å². The van der Waals surface area contributed by atoms with Crippen molar-refractivity contribution >= 4 is 11.6 Å². The standard InChI is InChI=1S/C10H17ClN4/c1-2-4-15-10(12-8-13-15)7-14-5-3-9(11)6-14/h8-9H,2-7H2,1H3. The smallest absolute Gasteiger partial charge is 0.141 e. The maximum Gasteiger partial charge on any atom is 0.141 e. The molecule has 1 aliphatic heterocycles. The van der Waals surface area contributed by atoms with E-state index >= 15 is 0 Å². The van der Waals surface area contributed by atoms with Crippen molar-refractivity contribution in [3.8, 4) is 0 Å². The lowest BCUT2D eigenvalue weighted by Crippen LogP contribution is -2.23. The molecule has 0 N–H and O–H groups in total. The summed E-state index contributed by atoms with van der Waals surface area (Å²) in [6.45, 7) is 6.03. The van der Waals surface area contributed by atoms with Crippen LogP contribution in [0.4, 0.5) is 0 Å². The normalized spacial score (nSPS) is 22.4. The van der Waals surface area contributed by atoms with Crippen LogP contribution in [-0.2, 0) is 13.1 Å². The third-order valence-corrected chi connectivity index (χ3v) is 3.07. The summed E-state index contributed by atoms with van der Waals surface area (Å²) in [7, 11) is 0. The number of hydrogen-bond donors (Lipinski definition) is 0. The maximum absolute atomic E-state index is 6.06. The van der Waals surface area contributed by atoms with Gasteiger partial charge in [-0.3, -0.25) is 4.90 Å². The number of halogens is 1. The van der Waals surface area contributed by atoms with E-state index in [0.29, 0.717) is 5.38 Å². The summed E-state index contributed by atoms with van der Waals surface area (Å²) < 4.78 is 1.99. The Morgan fingerprint density at radius 2 is 2.47 bits per heavy atom. The van der Waals surface area contributed by atoms with Gasteiger partial charge in [-0.1, -0.05) is 6.92 Å². The molecule has 0 aliphatic carbocycles. The van der Waals surface area contributed by atoms with Gasteiger partial charge in [0.15, 0.2) is 0 Å². The Balaban J connectivity index is 1.95. The van der Waals surface area contributed by atoms with Gasteiger partial charge in [0.05, 0.1) is 6.54 Å². The van der Waals surface area contributed by atoms with Crippen molar-refractivity contribution in [2.24, 2.45) is 0 Å². The van der Waals surface area contributed by atoms with E-state index in [0.717, 1.165) is 44.8 Å². The Kier molecular flexibility index (Phi) is 3.59. The molecule has 1 fully saturated rings. The first-order chi connectivity index (χ1) is 7.29. The van der Waals surface area contributed by atoms with Gasteiger partial charge in [0, 0.05) is 25.0 Å². The Morgan fingerprint density at radius 1 is 1.60 bits per heavy atom. The van der Waals surface area contributed by atoms with Gasteiger partial charge in [-0.15, -0.1) is 11.6 Å². The van der Waals surface area contributed by atoms with Gasteiger partial charge < -0.3 is 0 Å². The van der Waals surface area contributed by atoms with E-state index in [2.05, 4.69) is 21.9 Å². The van der Waals surface area contributed by atoms with Crippen LogP contribution in [0.5, 0.6) is 0 Å². The molecule has 1 unspecified atom stereocenters. The van der Waals surface area contributed by atoms with Crippen molar-refractivity contribution in [2.75, 3.05) is 13.1 Å². The fourth-order valence-electron chi connectivity index (χ4n) is 1.94. The van der Waals surface area contributed by atoms with Crippen LogP contribution < -0.4 is 0 Å². The van der Waals surface area contributed by atoms with E-state index in [1.54, 1.807) is 6.33 Å². The summed E-state index contributed by atoms with van der Waals surface area (Å²) in [5.74, 6) is 1.06. The highest BCUT2D eigenvalue weighted by Crippen LogP contribution is 2.16. The summed E-state index contributed by atoms with van der Waals surface area (Å²) in [5.41, 5.74) is 0. The van der Waals surface area contributed by atoms with E-state index in [-0.39, 0.29) is 0 Å². The number of aromatic nitrogens is 3. The molecule has 15 heavy (non-hydrogen) atoms. The van der Waals surface area contributed by atoms with Gasteiger partial charge in [-0.05, 0) is 12.8 Å². The number of nitrogens with zero attached hydrogens (tertiary/aromatic N) is 4. The zero-order valence-electron chi connectivity index (χ0n) is 9.06. The summed E-state index contributed by atoms with van der Waals surface area (Å²) in [6, 6.07) is 0. The molecule has 4 nitrogen and oxygen atoms in total. The lowest BCUT2D eigenvalue weighted by molar-refractivity contribution is 0.313. The minimum Gasteiger partial charge on any atom is -0.294 e. The second-order valence-corrected chi connectivity index (χ2v) is 4.64. The van der Waals surface area contributed by atoms with E-state index in [9.17, 15) is 0 Å². The van der Waals surface area contributed by atoms with E-state index in [1.807, 2.05) is 4.68 Å². The first kappa shape index (κ1) is 10.9. The second kappa shape index (κ2) is 4.94. The van der Waals surface area contributed by atoms with Gasteiger partial charge in [0.1, 0.15) is 12.2 Å². The highest BCUT2D eigenvalue weighted by Gasteiger charge is 2.21. The molecule has 0 bridgehead atoms. The van der Waals surface area contributed by atoms with Gasteiger partial charge in [0.2, 0.25) is 0 Å². The molecule has 2 rings (SSSR count). The van der Waals surface area contributed by atoms with Crippen molar-refractivity contribution in [3.05, 3.63) is 12.2 Å². The Morgan fingerprint density at radius 3 is 3.13 bits per heavy atom. The first-order valence-corrected chi connectivity index (χ1v) is 5.96. The van der Waals surface area contributed by atoms with Crippen LogP contribution in [0.15, 0.2) is 6.33 Å². The molecule has 0 aromatic carbocycles. The van der Waals surface area contributed by atoms with Crippen molar-refractivity contribution in [1.29, 1.82) is 0 Å². The predicted molar refractivity (Wildman–Crippen MR) is 59.8 cm³/mol. The van der Waals surface area contributed by atoms with Crippen LogP contribution >= 0.6 is 11.6 Å². The van der Waals surface area contributed by atoms with Gasteiger partial charge in [-0.2, -0.15) is 5.10 Å². The Hall–Kier alpha value is -0.610. The molecular formula is C10H17ClN4. The molecule has 2 heterocycles. The van der Waals surface area contributed by atoms with E-state index < -0.39 is 0 Å². The second-order valence-electron chi connectivity index (χ2n) is 4.02. The Bertz CT molecular complexity index is 312.